The SMILES string of the molecule is CCC(CC)(CN)C(=O)NCCc1cn2c(n1)CCCC2. The van der Waals surface area contributed by atoms with Gasteiger partial charge in [0.15, 0.2) is 0 Å². The number of aryl methyl sites for hydroxylation is 2. The second-order valence-electron chi connectivity index (χ2n) is 6.00. The number of nitrogens with two attached hydrogens (primary N) is 1. The zero-order chi connectivity index (χ0) is 15.3. The summed E-state index contributed by atoms with van der Waals surface area (Å²) < 4.78 is 2.25. The lowest BCUT2D eigenvalue weighted by Gasteiger charge is -2.28. The van der Waals surface area contributed by atoms with Crippen molar-refractivity contribution in [3.05, 3.63) is 17.7 Å². The smallest absolute Gasteiger partial charge is 0.227 e. The minimum absolute atomic E-state index is 0.0824. The number of aromatic nitrogens is 2. The fraction of sp³-hybridized carbons (Fsp3) is 0.750. The summed E-state index contributed by atoms with van der Waals surface area (Å²) >= 11 is 0. The van der Waals surface area contributed by atoms with Crippen molar-refractivity contribution in [3.8, 4) is 0 Å². The first-order valence-corrected chi connectivity index (χ1v) is 8.18. The molecule has 2 rings (SSSR count). The van der Waals surface area contributed by atoms with Crippen molar-refractivity contribution in [1.29, 1.82) is 0 Å². The van der Waals surface area contributed by atoms with Crippen molar-refractivity contribution in [1.82, 2.24) is 14.9 Å². The second-order valence-corrected chi connectivity index (χ2v) is 6.00. The normalized spacial score (nSPS) is 14.8. The van der Waals surface area contributed by atoms with Gasteiger partial charge in [-0.25, -0.2) is 4.98 Å². The van der Waals surface area contributed by atoms with Crippen LogP contribution >= 0.6 is 0 Å². The molecule has 5 heteroatoms. The van der Waals surface area contributed by atoms with E-state index in [1.54, 1.807) is 0 Å². The van der Waals surface area contributed by atoms with Crippen molar-refractivity contribution >= 4 is 5.91 Å². The molecule has 0 fully saturated rings. The summed E-state index contributed by atoms with van der Waals surface area (Å²) in [6.45, 7) is 6.18. The molecule has 1 aliphatic heterocycles. The van der Waals surface area contributed by atoms with Gasteiger partial charge in [-0.2, -0.15) is 0 Å². The number of nitrogens with zero attached hydrogens (tertiary/aromatic N) is 2. The third-order valence-corrected chi connectivity index (χ3v) is 4.85. The molecule has 2 heterocycles. The molecule has 0 aliphatic carbocycles. The van der Waals surface area contributed by atoms with E-state index < -0.39 is 5.41 Å². The Balaban J connectivity index is 1.86. The Morgan fingerprint density at radius 1 is 1.43 bits per heavy atom. The van der Waals surface area contributed by atoms with Crippen LogP contribution in [-0.4, -0.2) is 28.5 Å². The Labute approximate surface area is 127 Å². The largest absolute Gasteiger partial charge is 0.355 e. The minimum atomic E-state index is -0.409. The van der Waals surface area contributed by atoms with Crippen LogP contribution in [0.4, 0.5) is 0 Å². The minimum Gasteiger partial charge on any atom is -0.355 e. The van der Waals surface area contributed by atoms with E-state index in [1.807, 2.05) is 13.8 Å². The number of hydrogen-bond donors (Lipinski definition) is 2. The van der Waals surface area contributed by atoms with Crippen molar-refractivity contribution in [2.45, 2.75) is 58.9 Å². The molecule has 1 aromatic heterocycles. The molecule has 118 valence electrons. The molecular weight excluding hydrogens is 264 g/mol. The zero-order valence-corrected chi connectivity index (χ0v) is 13.3. The van der Waals surface area contributed by atoms with Crippen LogP contribution in [-0.2, 0) is 24.2 Å². The fourth-order valence-corrected chi connectivity index (χ4v) is 3.04. The average molecular weight is 292 g/mol. The summed E-state index contributed by atoms with van der Waals surface area (Å²) in [4.78, 5) is 17.0. The summed E-state index contributed by atoms with van der Waals surface area (Å²) in [5.41, 5.74) is 6.47. The summed E-state index contributed by atoms with van der Waals surface area (Å²) in [6, 6.07) is 0. The Bertz CT molecular complexity index is 445. The van der Waals surface area contributed by atoms with Gasteiger partial charge in [-0.05, 0) is 25.7 Å². The molecule has 1 aromatic rings. The van der Waals surface area contributed by atoms with Crippen LogP contribution < -0.4 is 11.1 Å². The predicted molar refractivity (Wildman–Crippen MR) is 83.9 cm³/mol. The lowest BCUT2D eigenvalue weighted by molar-refractivity contribution is -0.131. The van der Waals surface area contributed by atoms with Gasteiger partial charge in [0.2, 0.25) is 5.91 Å². The molecule has 0 saturated heterocycles. The maximum Gasteiger partial charge on any atom is 0.227 e. The third-order valence-electron chi connectivity index (χ3n) is 4.85. The van der Waals surface area contributed by atoms with Gasteiger partial charge in [0.25, 0.3) is 0 Å². The van der Waals surface area contributed by atoms with Crippen LogP contribution in [0.5, 0.6) is 0 Å². The van der Waals surface area contributed by atoms with Gasteiger partial charge in [0, 0.05) is 38.7 Å². The van der Waals surface area contributed by atoms with Gasteiger partial charge < -0.3 is 15.6 Å². The first-order chi connectivity index (χ1) is 10.1. The van der Waals surface area contributed by atoms with Gasteiger partial charge >= 0.3 is 0 Å². The molecule has 1 amide bonds. The lowest BCUT2D eigenvalue weighted by atomic mass is 9.81. The molecule has 0 unspecified atom stereocenters. The maximum atomic E-state index is 12.3. The Kier molecular flexibility index (Phi) is 5.39. The standard InChI is InChI=1S/C16H28N4O/c1-3-16(4-2,12-17)15(21)18-9-8-13-11-20-10-6-5-7-14(20)19-13/h11H,3-10,12,17H2,1-2H3,(H,18,21). The Morgan fingerprint density at radius 2 is 2.19 bits per heavy atom. The zero-order valence-electron chi connectivity index (χ0n) is 13.3. The Hall–Kier alpha value is -1.36. The maximum absolute atomic E-state index is 12.3. The van der Waals surface area contributed by atoms with E-state index >= 15 is 0 Å². The number of hydrogen-bond acceptors (Lipinski definition) is 3. The summed E-state index contributed by atoms with van der Waals surface area (Å²) in [5, 5.41) is 3.04. The number of carbonyl (C=O) groups is 1. The van der Waals surface area contributed by atoms with E-state index in [2.05, 4.69) is 21.1 Å². The lowest BCUT2D eigenvalue weighted by Crippen LogP contribution is -2.45. The number of amides is 1. The van der Waals surface area contributed by atoms with E-state index in [1.165, 1.54) is 18.7 Å². The molecular formula is C16H28N4O. The van der Waals surface area contributed by atoms with Crippen LogP contribution in [0.15, 0.2) is 6.20 Å². The van der Waals surface area contributed by atoms with Crippen molar-refractivity contribution < 1.29 is 4.79 Å². The van der Waals surface area contributed by atoms with Crippen molar-refractivity contribution in [2.75, 3.05) is 13.1 Å². The highest BCUT2D eigenvalue weighted by molar-refractivity contribution is 5.82. The molecule has 0 saturated carbocycles. The molecule has 5 nitrogen and oxygen atoms in total. The van der Waals surface area contributed by atoms with Gasteiger partial charge in [-0.15, -0.1) is 0 Å². The highest BCUT2D eigenvalue weighted by atomic mass is 16.2. The number of nitrogens with one attached hydrogen (secondary N) is 1. The van der Waals surface area contributed by atoms with Crippen LogP contribution in [0, 0.1) is 5.41 Å². The first kappa shape index (κ1) is 16.0. The predicted octanol–water partition coefficient (Wildman–Crippen LogP) is 1.64. The summed E-state index contributed by atoms with van der Waals surface area (Å²) in [6.07, 6.45) is 8.05. The number of carbonyl (C=O) groups excluding carboxylic acids is 1. The van der Waals surface area contributed by atoms with Gasteiger partial charge in [-0.3, -0.25) is 4.79 Å². The third kappa shape index (κ3) is 3.46. The molecule has 3 N–H and O–H groups in total. The molecule has 0 spiro atoms. The summed E-state index contributed by atoms with van der Waals surface area (Å²) in [5.74, 6) is 1.28. The monoisotopic (exact) mass is 292 g/mol. The van der Waals surface area contributed by atoms with Crippen LogP contribution in [0.3, 0.4) is 0 Å². The van der Waals surface area contributed by atoms with Crippen molar-refractivity contribution in [3.63, 3.8) is 0 Å². The van der Waals surface area contributed by atoms with E-state index in [0.29, 0.717) is 13.1 Å². The highest BCUT2D eigenvalue weighted by Crippen LogP contribution is 2.24. The Morgan fingerprint density at radius 3 is 2.81 bits per heavy atom. The van der Waals surface area contributed by atoms with Crippen LogP contribution in [0.2, 0.25) is 0 Å². The van der Waals surface area contributed by atoms with Gasteiger partial charge in [0.1, 0.15) is 5.82 Å². The number of fused-ring (bicyclic) bond motifs is 1. The van der Waals surface area contributed by atoms with E-state index in [-0.39, 0.29) is 5.91 Å². The molecule has 21 heavy (non-hydrogen) atoms. The number of imidazole rings is 1. The summed E-state index contributed by atoms with van der Waals surface area (Å²) in [7, 11) is 0. The first-order valence-electron chi connectivity index (χ1n) is 8.18. The topological polar surface area (TPSA) is 72.9 Å². The molecule has 0 atom stereocenters. The molecule has 0 radical (unpaired) electrons. The van der Waals surface area contributed by atoms with Crippen LogP contribution in [0.1, 0.15) is 51.0 Å². The molecule has 0 aromatic carbocycles. The van der Waals surface area contributed by atoms with Crippen LogP contribution in [0.25, 0.3) is 0 Å². The van der Waals surface area contributed by atoms with E-state index in [9.17, 15) is 4.79 Å². The molecule has 1 aliphatic rings. The highest BCUT2D eigenvalue weighted by Gasteiger charge is 2.32. The quantitative estimate of drug-likeness (QED) is 0.802. The van der Waals surface area contributed by atoms with Gasteiger partial charge in [-0.1, -0.05) is 13.8 Å². The average Bonchev–Trinajstić information content (AvgIpc) is 2.92. The van der Waals surface area contributed by atoms with Gasteiger partial charge in [0.05, 0.1) is 11.1 Å². The van der Waals surface area contributed by atoms with E-state index in [0.717, 1.165) is 37.9 Å². The van der Waals surface area contributed by atoms with Crippen molar-refractivity contribution in [2.24, 2.45) is 11.1 Å². The fourth-order valence-electron chi connectivity index (χ4n) is 3.04. The number of rotatable bonds is 7. The molecule has 0 bridgehead atoms. The van der Waals surface area contributed by atoms with E-state index in [4.69, 9.17) is 5.73 Å². The second kappa shape index (κ2) is 7.07.